The Hall–Kier alpha value is -2.22. The fourth-order valence-corrected chi connectivity index (χ4v) is 1.31. The highest BCUT2D eigenvalue weighted by atomic mass is 16.5. The highest BCUT2D eigenvalue weighted by Crippen LogP contribution is 2.01. The lowest BCUT2D eigenvalue weighted by atomic mass is 10.4. The molecule has 2 rings (SSSR count). The van der Waals surface area contributed by atoms with E-state index < -0.39 is 5.56 Å². The maximum absolute atomic E-state index is 11.5. The van der Waals surface area contributed by atoms with Crippen LogP contribution in [-0.4, -0.2) is 22.1 Å². The number of hydrogen-bond donors (Lipinski definition) is 2. The van der Waals surface area contributed by atoms with E-state index in [9.17, 15) is 10.0 Å². The minimum atomic E-state index is -0.551. The third-order valence-corrected chi connectivity index (χ3v) is 1.92. The van der Waals surface area contributed by atoms with E-state index in [1.807, 2.05) is 0 Å². The van der Waals surface area contributed by atoms with E-state index in [2.05, 4.69) is 15.0 Å². The maximum Gasteiger partial charge on any atom is 0.362 e. The first-order chi connectivity index (χ1) is 7.61. The van der Waals surface area contributed by atoms with Gasteiger partial charge in [-0.25, -0.2) is 9.71 Å². The van der Waals surface area contributed by atoms with Gasteiger partial charge in [-0.3, -0.25) is 9.78 Å². The third kappa shape index (κ3) is 1.65. The zero-order chi connectivity index (χ0) is 11.7. The Morgan fingerprint density at radius 3 is 3.06 bits per heavy atom. The molecule has 0 bridgehead atoms. The van der Waals surface area contributed by atoms with Crippen LogP contribution >= 0.6 is 0 Å². The van der Waals surface area contributed by atoms with Gasteiger partial charge in [0.15, 0.2) is 0 Å². The number of methoxy groups -OCH3 is 1. The van der Waals surface area contributed by atoms with Crippen molar-refractivity contribution in [3.05, 3.63) is 27.5 Å². The van der Waals surface area contributed by atoms with Gasteiger partial charge in [0, 0.05) is 7.11 Å². The summed E-state index contributed by atoms with van der Waals surface area (Å²) in [6, 6.07) is 0. The number of fused-ring (bicyclic) bond motifs is 1. The van der Waals surface area contributed by atoms with Crippen molar-refractivity contribution in [2.24, 2.45) is 0 Å². The van der Waals surface area contributed by atoms with E-state index in [0.29, 0.717) is 10.4 Å². The van der Waals surface area contributed by atoms with Gasteiger partial charge in [-0.2, -0.15) is 0 Å². The molecule has 2 aromatic heterocycles. The summed E-state index contributed by atoms with van der Waals surface area (Å²) < 4.78 is 5.27. The van der Waals surface area contributed by atoms with Gasteiger partial charge in [0.1, 0.15) is 11.9 Å². The zero-order valence-electron chi connectivity index (χ0n) is 8.43. The molecular weight excluding hydrogens is 214 g/mol. The Kier molecular flexibility index (Phi) is 2.41. The van der Waals surface area contributed by atoms with Crippen molar-refractivity contribution >= 4 is 17.1 Å². The molecule has 84 valence electrons. The lowest BCUT2D eigenvalue weighted by molar-refractivity contribution is -0.580. The van der Waals surface area contributed by atoms with Crippen LogP contribution in [0, 0.1) is 5.21 Å². The van der Waals surface area contributed by atoms with Gasteiger partial charge in [0.25, 0.3) is 5.56 Å². The van der Waals surface area contributed by atoms with E-state index in [1.165, 1.54) is 13.3 Å². The molecule has 0 fully saturated rings. The Morgan fingerprint density at radius 2 is 2.38 bits per heavy atom. The van der Waals surface area contributed by atoms with Crippen LogP contribution in [0.2, 0.25) is 0 Å². The van der Waals surface area contributed by atoms with Crippen LogP contribution in [0.25, 0.3) is 11.2 Å². The fourth-order valence-electron chi connectivity index (χ4n) is 1.31. The molecule has 0 aliphatic heterocycles. The number of rotatable bonds is 2. The second kappa shape index (κ2) is 3.74. The number of aromatic nitrogens is 4. The monoisotopic (exact) mass is 223 g/mol. The lowest BCUT2D eigenvalue weighted by Crippen LogP contribution is -2.32. The summed E-state index contributed by atoms with van der Waals surface area (Å²) in [5.41, 5.74) is 4.95. The maximum atomic E-state index is 11.5. The van der Waals surface area contributed by atoms with Crippen molar-refractivity contribution in [1.82, 2.24) is 15.0 Å². The van der Waals surface area contributed by atoms with Crippen LogP contribution < -0.4 is 16.0 Å². The number of H-pyrrole nitrogens is 1. The van der Waals surface area contributed by atoms with Gasteiger partial charge in [-0.15, -0.1) is 0 Å². The van der Waals surface area contributed by atoms with Crippen LogP contribution in [0.5, 0.6) is 0 Å². The molecule has 0 unspecified atom stereocenters. The van der Waals surface area contributed by atoms with E-state index in [4.69, 9.17) is 10.5 Å². The van der Waals surface area contributed by atoms with Gasteiger partial charge in [-0.1, -0.05) is 0 Å². The summed E-state index contributed by atoms with van der Waals surface area (Å²) in [6.45, 7) is 0.141. The summed E-state index contributed by atoms with van der Waals surface area (Å²) in [4.78, 5) is 21.4. The van der Waals surface area contributed by atoms with Gasteiger partial charge in [-0.05, 0) is 4.98 Å². The molecule has 8 nitrogen and oxygen atoms in total. The molecule has 8 heteroatoms. The standard InChI is InChI=1S/C8H9N5O3/c1-16-3-4-2-13(15)6-5(10-4)7(14)12-8(9)11-6/h2H,3H2,1H3,(H3,9,11,12,14). The highest BCUT2D eigenvalue weighted by molar-refractivity contribution is 5.65. The van der Waals surface area contributed by atoms with Gasteiger partial charge < -0.3 is 15.7 Å². The molecule has 0 spiro atoms. The first-order valence-corrected chi connectivity index (χ1v) is 4.39. The summed E-state index contributed by atoms with van der Waals surface area (Å²) in [6.07, 6.45) is 1.19. The third-order valence-electron chi connectivity index (χ3n) is 1.92. The van der Waals surface area contributed by atoms with Crippen molar-refractivity contribution in [1.29, 1.82) is 0 Å². The second-order valence-corrected chi connectivity index (χ2v) is 3.11. The van der Waals surface area contributed by atoms with Crippen LogP contribution in [0.3, 0.4) is 0 Å². The molecule has 0 amide bonds. The molecule has 0 radical (unpaired) electrons. The number of nitrogens with zero attached hydrogens (tertiary/aromatic N) is 3. The number of ether oxygens (including phenoxy) is 1. The SMILES string of the molecule is COCc1c[n+]([O-])c2nc(N)[nH]c(=O)c2n1. The van der Waals surface area contributed by atoms with Crippen LogP contribution in [0.1, 0.15) is 5.69 Å². The Bertz CT molecular complexity index is 594. The van der Waals surface area contributed by atoms with Crippen LogP contribution in [0.4, 0.5) is 5.95 Å². The van der Waals surface area contributed by atoms with Crippen molar-refractivity contribution in [2.75, 3.05) is 12.8 Å². The molecule has 0 aliphatic rings. The molecule has 0 saturated heterocycles. The number of nitrogen functional groups attached to an aromatic ring is 1. The van der Waals surface area contributed by atoms with Crippen molar-refractivity contribution in [2.45, 2.75) is 6.61 Å². The van der Waals surface area contributed by atoms with E-state index in [-0.39, 0.29) is 23.7 Å². The van der Waals surface area contributed by atoms with Crippen molar-refractivity contribution in [3.63, 3.8) is 0 Å². The number of nitrogens with one attached hydrogen (secondary N) is 1. The Labute approximate surface area is 89.3 Å². The Morgan fingerprint density at radius 1 is 1.62 bits per heavy atom. The summed E-state index contributed by atoms with van der Waals surface area (Å²) in [5, 5.41) is 11.5. The largest absolute Gasteiger partial charge is 0.710 e. The fraction of sp³-hybridized carbons (Fsp3) is 0.250. The minimum absolute atomic E-state index is 0.0567. The molecule has 2 aromatic rings. The molecule has 2 heterocycles. The molecule has 0 aromatic carbocycles. The topological polar surface area (TPSA) is 121 Å². The van der Waals surface area contributed by atoms with Crippen LogP contribution in [-0.2, 0) is 11.3 Å². The number of hydrogen-bond acceptors (Lipinski definition) is 6. The smallest absolute Gasteiger partial charge is 0.362 e. The first-order valence-electron chi connectivity index (χ1n) is 4.39. The quantitative estimate of drug-likeness (QED) is 0.481. The second-order valence-electron chi connectivity index (χ2n) is 3.11. The number of nitrogens with two attached hydrogens (primary N) is 1. The lowest BCUT2D eigenvalue weighted by Gasteiger charge is -2.05. The number of aromatic amines is 1. The normalized spacial score (nSPS) is 10.8. The average Bonchev–Trinajstić information content (AvgIpc) is 2.20. The highest BCUT2D eigenvalue weighted by Gasteiger charge is 2.14. The Balaban J connectivity index is 2.77. The molecule has 0 aliphatic carbocycles. The van der Waals surface area contributed by atoms with Gasteiger partial charge >= 0.3 is 11.6 Å². The molecule has 0 atom stereocenters. The molecule has 16 heavy (non-hydrogen) atoms. The van der Waals surface area contributed by atoms with E-state index in [0.717, 1.165) is 0 Å². The van der Waals surface area contributed by atoms with Gasteiger partial charge in [0.05, 0.1) is 6.61 Å². The predicted octanol–water partition coefficient (Wildman–Crippen LogP) is -1.32. The zero-order valence-corrected chi connectivity index (χ0v) is 8.43. The summed E-state index contributed by atoms with van der Waals surface area (Å²) in [7, 11) is 1.46. The van der Waals surface area contributed by atoms with Crippen molar-refractivity contribution < 1.29 is 9.47 Å². The van der Waals surface area contributed by atoms with E-state index >= 15 is 0 Å². The van der Waals surface area contributed by atoms with Crippen LogP contribution in [0.15, 0.2) is 11.0 Å². The minimum Gasteiger partial charge on any atom is -0.710 e. The predicted molar refractivity (Wildman–Crippen MR) is 54.2 cm³/mol. The molecular formula is C8H9N5O3. The number of anilines is 1. The molecule has 3 N–H and O–H groups in total. The first kappa shape index (κ1) is 10.3. The summed E-state index contributed by atoms with van der Waals surface area (Å²) >= 11 is 0. The van der Waals surface area contributed by atoms with Gasteiger partial charge in [0.2, 0.25) is 5.52 Å². The summed E-state index contributed by atoms with van der Waals surface area (Å²) in [5.74, 6) is -0.122. The molecule has 0 saturated carbocycles. The average molecular weight is 223 g/mol. The van der Waals surface area contributed by atoms with E-state index in [1.54, 1.807) is 0 Å². The van der Waals surface area contributed by atoms with Crippen molar-refractivity contribution in [3.8, 4) is 0 Å².